The van der Waals surface area contributed by atoms with E-state index in [1.165, 1.54) is 237 Å². The standard InChI is InChI=1S/C77H107N/c1-13-17-21-25-29-33-37-61-63(39-35-31-27-23-19-15-3)71-53-58(43-48-67(71)65-46-41-56(5)51-69(61)65)78(60-45-50-73-74(55-60)76(9,10)77(11,12)75(73,7)8)59-44-49-68-66-47-42-57(6)52-70(66)62(38-34-30-26-22-18-14-2)64(72(68)54-59)40-36-32-28-24-20-16-4/h41-55H,13-40H2,1-12H3. The molecule has 1 heteroatoms. The molecule has 1 aliphatic carbocycles. The Balaban J connectivity index is 1.36. The van der Waals surface area contributed by atoms with E-state index in [9.17, 15) is 0 Å². The van der Waals surface area contributed by atoms with Gasteiger partial charge in [0.25, 0.3) is 0 Å². The molecular formula is C77H107N. The first-order valence-corrected chi connectivity index (χ1v) is 32.6. The normalized spacial score (nSPS) is 14.6. The largest absolute Gasteiger partial charge is 0.310 e. The summed E-state index contributed by atoms with van der Waals surface area (Å²) in [6.07, 6.45) is 36.3. The molecule has 8 rings (SSSR count). The molecule has 0 atom stereocenters. The van der Waals surface area contributed by atoms with E-state index in [1.807, 2.05) is 0 Å². The summed E-state index contributed by atoms with van der Waals surface area (Å²) in [5.74, 6) is 0. The van der Waals surface area contributed by atoms with Gasteiger partial charge in [-0.1, -0.05) is 263 Å². The number of benzene rings is 7. The summed E-state index contributed by atoms with van der Waals surface area (Å²) in [6, 6.07) is 37.7. The van der Waals surface area contributed by atoms with E-state index in [4.69, 9.17) is 0 Å². The maximum atomic E-state index is 2.69. The van der Waals surface area contributed by atoms with Gasteiger partial charge in [-0.3, -0.25) is 0 Å². The van der Waals surface area contributed by atoms with Gasteiger partial charge in [0, 0.05) is 17.1 Å². The average molecular weight is 1050 g/mol. The molecule has 78 heavy (non-hydrogen) atoms. The molecule has 0 bridgehead atoms. The Kier molecular flexibility index (Phi) is 20.8. The summed E-state index contributed by atoms with van der Waals surface area (Å²) < 4.78 is 0. The highest BCUT2D eigenvalue weighted by Gasteiger charge is 2.56. The molecule has 0 aromatic heterocycles. The Hall–Kier alpha value is -4.62. The highest BCUT2D eigenvalue weighted by molar-refractivity contribution is 6.14. The van der Waals surface area contributed by atoms with E-state index in [1.54, 1.807) is 22.3 Å². The summed E-state index contributed by atoms with van der Waals surface area (Å²) in [4.78, 5) is 2.69. The van der Waals surface area contributed by atoms with Gasteiger partial charge in [-0.05, 0) is 194 Å². The molecule has 0 radical (unpaired) electrons. The van der Waals surface area contributed by atoms with Gasteiger partial charge in [-0.15, -0.1) is 0 Å². The topological polar surface area (TPSA) is 3.24 Å². The fraction of sp³-hybridized carbons (Fsp3) is 0.558. The lowest BCUT2D eigenvalue weighted by Crippen LogP contribution is -2.42. The van der Waals surface area contributed by atoms with Gasteiger partial charge in [0.05, 0.1) is 0 Å². The van der Waals surface area contributed by atoms with E-state index in [-0.39, 0.29) is 16.2 Å². The third-order valence-corrected chi connectivity index (χ3v) is 20.3. The molecule has 0 N–H and O–H groups in total. The molecule has 0 unspecified atom stereocenters. The van der Waals surface area contributed by atoms with Gasteiger partial charge in [0.15, 0.2) is 0 Å². The van der Waals surface area contributed by atoms with Crippen LogP contribution in [-0.2, 0) is 36.5 Å². The molecule has 420 valence electrons. The lowest BCUT2D eigenvalue weighted by Gasteiger charge is -2.44. The molecule has 0 heterocycles. The van der Waals surface area contributed by atoms with E-state index >= 15 is 0 Å². The summed E-state index contributed by atoms with van der Waals surface area (Å²) in [5, 5.41) is 11.6. The Bertz CT molecular complexity index is 2920. The predicted octanol–water partition coefficient (Wildman–Crippen LogP) is 24.6. The summed E-state index contributed by atoms with van der Waals surface area (Å²) in [6.45, 7) is 29.0. The monoisotopic (exact) mass is 1050 g/mol. The van der Waals surface area contributed by atoms with Crippen molar-refractivity contribution in [2.75, 3.05) is 4.90 Å². The molecule has 7 aromatic carbocycles. The third-order valence-electron chi connectivity index (χ3n) is 20.3. The van der Waals surface area contributed by atoms with Crippen LogP contribution in [0.4, 0.5) is 17.1 Å². The van der Waals surface area contributed by atoms with E-state index in [0.29, 0.717) is 0 Å². The first-order valence-electron chi connectivity index (χ1n) is 32.6. The Morgan fingerprint density at radius 3 is 0.923 bits per heavy atom. The van der Waals surface area contributed by atoms with Crippen LogP contribution in [0.15, 0.2) is 91.0 Å². The highest BCUT2D eigenvalue weighted by atomic mass is 15.1. The first-order chi connectivity index (χ1) is 37.7. The molecule has 0 aliphatic heterocycles. The second-order valence-corrected chi connectivity index (χ2v) is 26.5. The molecule has 0 spiro atoms. The van der Waals surface area contributed by atoms with Crippen molar-refractivity contribution in [3.63, 3.8) is 0 Å². The second-order valence-electron chi connectivity index (χ2n) is 26.5. The number of hydrogen-bond acceptors (Lipinski definition) is 1. The fourth-order valence-electron chi connectivity index (χ4n) is 14.4. The summed E-state index contributed by atoms with van der Waals surface area (Å²) in [7, 11) is 0. The number of anilines is 3. The van der Waals surface area contributed by atoms with Crippen molar-refractivity contribution in [1.82, 2.24) is 0 Å². The molecule has 0 saturated heterocycles. The molecule has 0 fully saturated rings. The van der Waals surface area contributed by atoms with Crippen LogP contribution < -0.4 is 4.90 Å². The molecule has 1 nitrogen and oxygen atoms in total. The van der Waals surface area contributed by atoms with Crippen LogP contribution >= 0.6 is 0 Å². The number of aryl methyl sites for hydroxylation is 6. The number of hydrogen-bond donors (Lipinski definition) is 0. The minimum absolute atomic E-state index is 0.0140. The second kappa shape index (κ2) is 27.2. The lowest BCUT2D eigenvalue weighted by molar-refractivity contribution is 0.125. The van der Waals surface area contributed by atoms with Crippen molar-refractivity contribution in [2.24, 2.45) is 5.41 Å². The van der Waals surface area contributed by atoms with Crippen LogP contribution in [0.1, 0.15) is 268 Å². The minimum atomic E-state index is -0.0140. The van der Waals surface area contributed by atoms with Crippen LogP contribution in [0.5, 0.6) is 0 Å². The van der Waals surface area contributed by atoms with Gasteiger partial charge < -0.3 is 4.90 Å². The van der Waals surface area contributed by atoms with Crippen molar-refractivity contribution in [3.05, 3.63) is 136 Å². The molecule has 0 saturated carbocycles. The van der Waals surface area contributed by atoms with Gasteiger partial charge >= 0.3 is 0 Å². The van der Waals surface area contributed by atoms with Gasteiger partial charge in [0.1, 0.15) is 0 Å². The smallest absolute Gasteiger partial charge is 0.0468 e. The molecular weight excluding hydrogens is 939 g/mol. The van der Waals surface area contributed by atoms with Crippen molar-refractivity contribution in [3.8, 4) is 0 Å². The lowest BCUT2D eigenvalue weighted by atomic mass is 9.59. The summed E-state index contributed by atoms with van der Waals surface area (Å²) in [5.41, 5.74) is 16.2. The van der Waals surface area contributed by atoms with Crippen LogP contribution in [0.2, 0.25) is 0 Å². The quantitative estimate of drug-likeness (QED) is 0.0309. The highest BCUT2D eigenvalue weighted by Crippen LogP contribution is 2.62. The molecule has 0 amide bonds. The fourth-order valence-corrected chi connectivity index (χ4v) is 14.4. The zero-order chi connectivity index (χ0) is 55.5. The maximum absolute atomic E-state index is 2.69. The van der Waals surface area contributed by atoms with E-state index < -0.39 is 0 Å². The van der Waals surface area contributed by atoms with Crippen molar-refractivity contribution in [1.29, 1.82) is 0 Å². The molecule has 1 aliphatic rings. The first kappa shape index (κ1) is 59.5. The SMILES string of the molecule is CCCCCCCCc1c(CCCCCCCC)c2cc(N(c3ccc4c(c3)C(C)(C)C(C)(C)C4(C)C)c3ccc4c(c3)c(CCCCCCCC)c(CCCCCCCC)c3cc(C)ccc34)ccc2c2ccc(C)cc12. The zero-order valence-electron chi connectivity index (χ0n) is 51.9. The number of fused-ring (bicyclic) bond motifs is 7. The number of unbranched alkanes of at least 4 members (excludes halogenated alkanes) is 20. The average Bonchev–Trinajstić information content (AvgIpc) is 3.81. The third kappa shape index (κ3) is 12.8. The minimum Gasteiger partial charge on any atom is -0.310 e. The Morgan fingerprint density at radius 1 is 0.282 bits per heavy atom. The predicted molar refractivity (Wildman–Crippen MR) is 349 cm³/mol. The van der Waals surface area contributed by atoms with Crippen LogP contribution in [0.3, 0.4) is 0 Å². The molecule has 7 aromatic rings. The maximum Gasteiger partial charge on any atom is 0.0468 e. The van der Waals surface area contributed by atoms with Gasteiger partial charge in [-0.2, -0.15) is 0 Å². The van der Waals surface area contributed by atoms with Crippen LogP contribution in [-0.4, -0.2) is 0 Å². The summed E-state index contributed by atoms with van der Waals surface area (Å²) >= 11 is 0. The van der Waals surface area contributed by atoms with E-state index in [0.717, 1.165) is 25.7 Å². The Morgan fingerprint density at radius 2 is 0.564 bits per heavy atom. The van der Waals surface area contributed by atoms with Crippen molar-refractivity contribution < 1.29 is 0 Å². The Labute approximate surface area is 477 Å². The van der Waals surface area contributed by atoms with E-state index in [2.05, 4.69) is 179 Å². The van der Waals surface area contributed by atoms with Crippen molar-refractivity contribution >= 4 is 60.2 Å². The zero-order valence-corrected chi connectivity index (χ0v) is 51.9. The van der Waals surface area contributed by atoms with Crippen molar-refractivity contribution in [2.45, 2.75) is 274 Å². The number of rotatable bonds is 31. The van der Waals surface area contributed by atoms with Crippen LogP contribution in [0, 0.1) is 19.3 Å². The number of nitrogens with zero attached hydrogens (tertiary/aromatic N) is 1. The van der Waals surface area contributed by atoms with Gasteiger partial charge in [0.2, 0.25) is 0 Å². The van der Waals surface area contributed by atoms with Crippen LogP contribution in [0.25, 0.3) is 43.1 Å². The van der Waals surface area contributed by atoms with Gasteiger partial charge in [-0.25, -0.2) is 0 Å².